The molecule has 2 heteroatoms. The van der Waals surface area contributed by atoms with E-state index in [0.29, 0.717) is 0 Å². The van der Waals surface area contributed by atoms with Gasteiger partial charge in [0.25, 0.3) is 0 Å². The standard InChI is InChI=1S/C30H44O2/c1-3-7-23-9-13-27(14-10-23)28-15-11-24(12-16-28)22-25(4-2)26-17-19-29(20-18-26)32-30-8-5-6-21-31-30/h2,17-20,23-25,27-28,30H,3,5-16,21-22H2,1H3. The molecule has 0 amide bonds. The number of terminal acetylenes is 1. The Hall–Kier alpha value is -1.46. The monoisotopic (exact) mass is 436 g/mol. The first kappa shape index (κ1) is 23.7. The average molecular weight is 437 g/mol. The van der Waals surface area contributed by atoms with Crippen LogP contribution in [0.15, 0.2) is 24.3 Å². The predicted octanol–water partition coefficient (Wildman–Crippen LogP) is 8.11. The lowest BCUT2D eigenvalue weighted by atomic mass is 9.67. The second-order valence-corrected chi connectivity index (χ2v) is 10.8. The molecule has 0 aromatic heterocycles. The lowest BCUT2D eigenvalue weighted by Gasteiger charge is -2.38. The van der Waals surface area contributed by atoms with E-state index in [-0.39, 0.29) is 12.2 Å². The summed E-state index contributed by atoms with van der Waals surface area (Å²) in [6.45, 7) is 3.15. The van der Waals surface area contributed by atoms with E-state index in [1.807, 2.05) is 0 Å². The third-order valence-electron chi connectivity index (χ3n) is 8.60. The summed E-state index contributed by atoms with van der Waals surface area (Å²) >= 11 is 0. The van der Waals surface area contributed by atoms with E-state index in [9.17, 15) is 0 Å². The van der Waals surface area contributed by atoms with Crippen LogP contribution in [0.1, 0.15) is 108 Å². The molecule has 2 unspecified atom stereocenters. The largest absolute Gasteiger partial charge is 0.465 e. The van der Waals surface area contributed by atoms with Gasteiger partial charge in [0.15, 0.2) is 6.29 Å². The molecule has 0 bridgehead atoms. The second-order valence-electron chi connectivity index (χ2n) is 10.8. The summed E-state index contributed by atoms with van der Waals surface area (Å²) in [6, 6.07) is 8.49. The lowest BCUT2D eigenvalue weighted by Crippen LogP contribution is -2.26. The van der Waals surface area contributed by atoms with E-state index in [1.54, 1.807) is 0 Å². The van der Waals surface area contributed by atoms with Crippen LogP contribution in [0.4, 0.5) is 0 Å². The lowest BCUT2D eigenvalue weighted by molar-refractivity contribution is -0.105. The van der Waals surface area contributed by atoms with Gasteiger partial charge in [-0.05, 0) is 86.3 Å². The van der Waals surface area contributed by atoms with Crippen LogP contribution in [-0.4, -0.2) is 12.9 Å². The topological polar surface area (TPSA) is 18.5 Å². The zero-order chi connectivity index (χ0) is 22.2. The summed E-state index contributed by atoms with van der Waals surface area (Å²) < 4.78 is 11.7. The Morgan fingerprint density at radius 2 is 1.56 bits per heavy atom. The molecular weight excluding hydrogens is 392 g/mol. The Balaban J connectivity index is 1.22. The fourth-order valence-corrected chi connectivity index (χ4v) is 6.62. The van der Waals surface area contributed by atoms with Crippen LogP contribution in [0.5, 0.6) is 5.75 Å². The van der Waals surface area contributed by atoms with E-state index in [2.05, 4.69) is 37.1 Å². The minimum atomic E-state index is -0.0880. The van der Waals surface area contributed by atoms with Crippen molar-refractivity contribution >= 4 is 0 Å². The summed E-state index contributed by atoms with van der Waals surface area (Å²) in [5.41, 5.74) is 1.26. The molecule has 32 heavy (non-hydrogen) atoms. The van der Waals surface area contributed by atoms with Crippen molar-refractivity contribution in [1.29, 1.82) is 0 Å². The van der Waals surface area contributed by atoms with Crippen molar-refractivity contribution in [1.82, 2.24) is 0 Å². The maximum absolute atomic E-state index is 5.99. The molecule has 0 N–H and O–H groups in total. The Labute approximate surface area is 196 Å². The molecule has 3 aliphatic rings. The van der Waals surface area contributed by atoms with Crippen LogP contribution < -0.4 is 4.74 Å². The molecule has 0 spiro atoms. The van der Waals surface area contributed by atoms with Crippen LogP contribution in [0.3, 0.4) is 0 Å². The minimum Gasteiger partial charge on any atom is -0.465 e. The number of benzene rings is 1. The molecule has 176 valence electrons. The summed E-state index contributed by atoms with van der Waals surface area (Å²) in [5.74, 6) is 8.01. The maximum atomic E-state index is 5.99. The molecule has 1 aliphatic heterocycles. The summed E-state index contributed by atoms with van der Waals surface area (Å²) in [4.78, 5) is 0. The molecule has 1 heterocycles. The van der Waals surface area contributed by atoms with Crippen LogP contribution in [0.2, 0.25) is 0 Å². The maximum Gasteiger partial charge on any atom is 0.199 e. The molecule has 4 rings (SSSR count). The van der Waals surface area contributed by atoms with E-state index in [0.717, 1.165) is 55.3 Å². The fourth-order valence-electron chi connectivity index (χ4n) is 6.62. The third-order valence-corrected chi connectivity index (χ3v) is 8.60. The van der Waals surface area contributed by atoms with Crippen LogP contribution >= 0.6 is 0 Å². The first-order valence-corrected chi connectivity index (χ1v) is 13.6. The molecule has 0 radical (unpaired) electrons. The van der Waals surface area contributed by atoms with Gasteiger partial charge in [-0.25, -0.2) is 0 Å². The van der Waals surface area contributed by atoms with Gasteiger partial charge in [0.1, 0.15) is 5.75 Å². The smallest absolute Gasteiger partial charge is 0.199 e. The van der Waals surface area contributed by atoms with Crippen molar-refractivity contribution < 1.29 is 9.47 Å². The predicted molar refractivity (Wildman–Crippen MR) is 133 cm³/mol. The van der Waals surface area contributed by atoms with Gasteiger partial charge in [-0.2, -0.15) is 0 Å². The molecule has 2 saturated carbocycles. The minimum absolute atomic E-state index is 0.0880. The van der Waals surface area contributed by atoms with Gasteiger partial charge in [0.05, 0.1) is 6.61 Å². The van der Waals surface area contributed by atoms with Gasteiger partial charge in [-0.15, -0.1) is 6.42 Å². The quantitative estimate of drug-likeness (QED) is 0.383. The van der Waals surface area contributed by atoms with Crippen LogP contribution in [0, 0.1) is 36.0 Å². The fraction of sp³-hybridized carbons (Fsp3) is 0.733. The van der Waals surface area contributed by atoms with Gasteiger partial charge in [0, 0.05) is 12.3 Å². The van der Waals surface area contributed by atoms with Gasteiger partial charge in [-0.1, -0.05) is 63.5 Å². The van der Waals surface area contributed by atoms with Gasteiger partial charge >= 0.3 is 0 Å². The molecule has 3 fully saturated rings. The van der Waals surface area contributed by atoms with E-state index in [1.165, 1.54) is 76.2 Å². The van der Waals surface area contributed by atoms with Crippen molar-refractivity contribution in [3.8, 4) is 18.1 Å². The Morgan fingerprint density at radius 3 is 2.12 bits per heavy atom. The molecule has 2 aliphatic carbocycles. The summed E-state index contributed by atoms with van der Waals surface area (Å²) in [7, 11) is 0. The van der Waals surface area contributed by atoms with Crippen molar-refractivity contribution in [2.24, 2.45) is 23.7 Å². The van der Waals surface area contributed by atoms with Crippen LogP contribution in [0.25, 0.3) is 0 Å². The molecular formula is C30H44O2. The SMILES string of the molecule is C#CC(CC1CCC(C2CCC(CCC)CC2)CC1)c1ccc(OC2CCCCO2)cc1. The Bertz CT molecular complexity index is 695. The zero-order valence-electron chi connectivity index (χ0n) is 20.3. The summed E-state index contributed by atoms with van der Waals surface area (Å²) in [6.07, 6.45) is 24.7. The highest BCUT2D eigenvalue weighted by atomic mass is 16.7. The third kappa shape index (κ3) is 6.54. The number of hydrogen-bond donors (Lipinski definition) is 0. The molecule has 2 atom stereocenters. The average Bonchev–Trinajstić information content (AvgIpc) is 2.85. The number of ether oxygens (including phenoxy) is 2. The highest BCUT2D eigenvalue weighted by Gasteiger charge is 2.31. The van der Waals surface area contributed by atoms with Crippen molar-refractivity contribution in [3.05, 3.63) is 29.8 Å². The van der Waals surface area contributed by atoms with E-state index < -0.39 is 0 Å². The van der Waals surface area contributed by atoms with E-state index in [4.69, 9.17) is 15.9 Å². The first-order valence-electron chi connectivity index (χ1n) is 13.6. The Morgan fingerprint density at radius 1 is 0.906 bits per heavy atom. The molecule has 1 aromatic carbocycles. The van der Waals surface area contributed by atoms with Crippen molar-refractivity contribution in [2.45, 2.75) is 109 Å². The highest BCUT2D eigenvalue weighted by Crippen LogP contribution is 2.44. The normalized spacial score (nSPS) is 32.1. The highest BCUT2D eigenvalue weighted by molar-refractivity contribution is 5.33. The number of hydrogen-bond acceptors (Lipinski definition) is 2. The first-order chi connectivity index (χ1) is 15.7. The zero-order valence-corrected chi connectivity index (χ0v) is 20.3. The van der Waals surface area contributed by atoms with Crippen LogP contribution in [-0.2, 0) is 4.74 Å². The second kappa shape index (κ2) is 12.1. The van der Waals surface area contributed by atoms with Gasteiger partial charge < -0.3 is 9.47 Å². The molecule has 1 saturated heterocycles. The Kier molecular flexibility index (Phi) is 8.98. The molecule has 1 aromatic rings. The van der Waals surface area contributed by atoms with E-state index >= 15 is 0 Å². The van der Waals surface area contributed by atoms with Gasteiger partial charge in [-0.3, -0.25) is 0 Å². The summed E-state index contributed by atoms with van der Waals surface area (Å²) in [5, 5.41) is 0. The number of rotatable bonds is 8. The van der Waals surface area contributed by atoms with Crippen molar-refractivity contribution in [3.63, 3.8) is 0 Å². The van der Waals surface area contributed by atoms with Gasteiger partial charge in [0.2, 0.25) is 0 Å². The van der Waals surface area contributed by atoms with Crippen molar-refractivity contribution in [2.75, 3.05) is 6.61 Å². The molecule has 2 nitrogen and oxygen atoms in total.